The number of halogens is 2. The number of sulfonamides is 1. The van der Waals surface area contributed by atoms with Crippen molar-refractivity contribution in [3.63, 3.8) is 0 Å². The lowest BCUT2D eigenvalue weighted by molar-refractivity contribution is 0.390. The predicted octanol–water partition coefficient (Wildman–Crippen LogP) is 2.99. The number of benzene rings is 1. The molecule has 1 N–H and O–H groups in total. The fourth-order valence-corrected chi connectivity index (χ4v) is 3.36. The normalized spacial score (nSPS) is 11.6. The quantitative estimate of drug-likeness (QED) is 0.925. The first kappa shape index (κ1) is 14.0. The van der Waals surface area contributed by atoms with Crippen molar-refractivity contribution in [2.24, 2.45) is 0 Å². The van der Waals surface area contributed by atoms with E-state index < -0.39 is 15.8 Å². The molecule has 0 aliphatic rings. The van der Waals surface area contributed by atoms with E-state index >= 15 is 0 Å². The molecule has 102 valence electrons. The highest BCUT2D eigenvalue weighted by Crippen LogP contribution is 2.25. The molecule has 1 aromatic carbocycles. The summed E-state index contributed by atoms with van der Waals surface area (Å²) in [4.78, 5) is -0.0742. The van der Waals surface area contributed by atoms with E-state index in [1.54, 1.807) is 0 Å². The van der Waals surface area contributed by atoms with Crippen molar-refractivity contribution in [2.75, 3.05) is 4.72 Å². The second-order valence-corrected chi connectivity index (χ2v) is 6.42. The topological polar surface area (TPSA) is 72.2 Å². The lowest BCUT2D eigenvalue weighted by atomic mass is 10.3. The summed E-state index contributed by atoms with van der Waals surface area (Å²) in [7, 11) is -3.93. The van der Waals surface area contributed by atoms with Gasteiger partial charge in [-0.15, -0.1) is 0 Å². The molecule has 0 bridgehead atoms. The predicted molar refractivity (Wildman–Crippen MR) is 70.9 cm³/mol. The Balaban J connectivity index is 2.42. The third-order valence-electron chi connectivity index (χ3n) is 2.41. The molecule has 1 aromatic heterocycles. The average Bonchev–Trinajstić information content (AvgIpc) is 2.63. The van der Waals surface area contributed by atoms with Crippen molar-refractivity contribution in [3.05, 3.63) is 39.9 Å². The lowest BCUT2D eigenvalue weighted by Gasteiger charge is -2.08. The van der Waals surface area contributed by atoms with Crippen molar-refractivity contribution in [2.45, 2.75) is 18.7 Å². The van der Waals surface area contributed by atoms with Gasteiger partial charge in [0.1, 0.15) is 11.5 Å². The number of rotatable bonds is 3. The molecule has 0 atom stereocenters. The molecular formula is C11H10BrFN2O3S. The van der Waals surface area contributed by atoms with E-state index in [4.69, 9.17) is 4.52 Å². The van der Waals surface area contributed by atoms with Gasteiger partial charge >= 0.3 is 0 Å². The van der Waals surface area contributed by atoms with Gasteiger partial charge in [0.05, 0.1) is 5.69 Å². The van der Waals surface area contributed by atoms with Crippen LogP contribution in [0, 0.1) is 19.7 Å². The summed E-state index contributed by atoms with van der Waals surface area (Å²) in [6.45, 7) is 2.98. The van der Waals surface area contributed by atoms with Crippen LogP contribution < -0.4 is 4.72 Å². The Morgan fingerprint density at radius 2 is 2.05 bits per heavy atom. The maximum Gasteiger partial charge on any atom is 0.267 e. The fourth-order valence-electron chi connectivity index (χ4n) is 1.63. The van der Waals surface area contributed by atoms with Crippen LogP contribution in [0.25, 0.3) is 0 Å². The molecule has 8 heteroatoms. The molecule has 0 amide bonds. The van der Waals surface area contributed by atoms with Gasteiger partial charge in [0.2, 0.25) is 0 Å². The van der Waals surface area contributed by atoms with Gasteiger partial charge < -0.3 is 4.52 Å². The van der Waals surface area contributed by atoms with E-state index in [0.717, 1.165) is 0 Å². The molecule has 0 saturated carbocycles. The molecule has 0 radical (unpaired) electrons. The molecule has 5 nitrogen and oxygen atoms in total. The van der Waals surface area contributed by atoms with Crippen molar-refractivity contribution < 1.29 is 17.3 Å². The molecule has 2 rings (SSSR count). The van der Waals surface area contributed by atoms with Crippen LogP contribution in [0.4, 0.5) is 10.1 Å². The number of nitrogens with one attached hydrogen (secondary N) is 1. The zero-order chi connectivity index (χ0) is 14.2. The highest BCUT2D eigenvalue weighted by Gasteiger charge is 2.25. The average molecular weight is 349 g/mol. The highest BCUT2D eigenvalue weighted by atomic mass is 79.9. The van der Waals surface area contributed by atoms with Gasteiger partial charge in [-0.1, -0.05) is 21.1 Å². The van der Waals surface area contributed by atoms with Crippen molar-refractivity contribution >= 4 is 31.6 Å². The van der Waals surface area contributed by atoms with Crippen LogP contribution in [0.1, 0.15) is 11.5 Å². The maximum atomic E-state index is 13.6. The summed E-state index contributed by atoms with van der Waals surface area (Å²) in [6.07, 6.45) is 0. The lowest BCUT2D eigenvalue weighted by Crippen LogP contribution is -2.15. The van der Waals surface area contributed by atoms with Gasteiger partial charge in [-0.05, 0) is 32.0 Å². The van der Waals surface area contributed by atoms with Crippen LogP contribution in [0.2, 0.25) is 0 Å². The highest BCUT2D eigenvalue weighted by molar-refractivity contribution is 9.10. The van der Waals surface area contributed by atoms with Crippen molar-refractivity contribution in [1.82, 2.24) is 5.16 Å². The first-order valence-corrected chi connectivity index (χ1v) is 7.49. The van der Waals surface area contributed by atoms with Gasteiger partial charge in [0, 0.05) is 4.47 Å². The van der Waals surface area contributed by atoms with E-state index in [-0.39, 0.29) is 22.0 Å². The summed E-state index contributed by atoms with van der Waals surface area (Å²) < 4.78 is 45.4. The molecule has 2 aromatic rings. The molecule has 0 unspecified atom stereocenters. The van der Waals surface area contributed by atoms with Crippen LogP contribution in [-0.2, 0) is 10.0 Å². The molecule has 0 aliphatic carbocycles. The summed E-state index contributed by atoms with van der Waals surface area (Å²) in [5.74, 6) is -0.521. The fraction of sp³-hybridized carbons (Fsp3) is 0.182. The molecule has 0 fully saturated rings. The first-order chi connectivity index (χ1) is 8.81. The summed E-state index contributed by atoms with van der Waals surface area (Å²) in [6, 6.07) is 4.04. The number of aryl methyl sites for hydroxylation is 2. The van der Waals surface area contributed by atoms with Gasteiger partial charge in [0.25, 0.3) is 10.0 Å². The van der Waals surface area contributed by atoms with E-state index in [0.29, 0.717) is 4.47 Å². The van der Waals surface area contributed by atoms with Crippen LogP contribution >= 0.6 is 15.9 Å². The number of hydrogen-bond donors (Lipinski definition) is 1. The molecule has 0 spiro atoms. The minimum Gasteiger partial charge on any atom is -0.360 e. The second kappa shape index (κ2) is 4.93. The van der Waals surface area contributed by atoms with Gasteiger partial charge in [-0.3, -0.25) is 4.72 Å². The SMILES string of the molecule is Cc1noc(C)c1S(=O)(=O)Nc1ccc(Br)cc1F. The van der Waals surface area contributed by atoms with Gasteiger partial charge in [-0.25, -0.2) is 12.8 Å². The number of aromatic nitrogens is 1. The monoisotopic (exact) mass is 348 g/mol. The Morgan fingerprint density at radius 1 is 1.37 bits per heavy atom. The molecular weight excluding hydrogens is 339 g/mol. The maximum absolute atomic E-state index is 13.6. The molecule has 19 heavy (non-hydrogen) atoms. The number of hydrogen-bond acceptors (Lipinski definition) is 4. The number of nitrogens with zero attached hydrogens (tertiary/aromatic N) is 1. The van der Waals surface area contributed by atoms with E-state index in [9.17, 15) is 12.8 Å². The first-order valence-electron chi connectivity index (χ1n) is 5.22. The largest absolute Gasteiger partial charge is 0.360 e. The van der Waals surface area contributed by atoms with Gasteiger partial charge in [-0.2, -0.15) is 0 Å². The van der Waals surface area contributed by atoms with Gasteiger partial charge in [0.15, 0.2) is 10.7 Å². The summed E-state index contributed by atoms with van der Waals surface area (Å²) in [5.41, 5.74) is 0.0886. The van der Waals surface area contributed by atoms with E-state index in [2.05, 4.69) is 25.8 Å². The Bertz CT molecular complexity index is 708. The Labute approximate surface area is 118 Å². The minimum atomic E-state index is -3.93. The molecule has 0 saturated heterocycles. The van der Waals surface area contributed by atoms with E-state index in [1.807, 2.05) is 0 Å². The second-order valence-electron chi connectivity index (χ2n) is 3.88. The van der Waals surface area contributed by atoms with Crippen LogP contribution in [0.5, 0.6) is 0 Å². The van der Waals surface area contributed by atoms with E-state index in [1.165, 1.54) is 32.0 Å². The smallest absolute Gasteiger partial charge is 0.267 e. The summed E-state index contributed by atoms with van der Waals surface area (Å²) in [5, 5.41) is 3.57. The van der Waals surface area contributed by atoms with Crippen molar-refractivity contribution in [1.29, 1.82) is 0 Å². The zero-order valence-corrected chi connectivity index (χ0v) is 12.5. The zero-order valence-electron chi connectivity index (χ0n) is 10.1. The summed E-state index contributed by atoms with van der Waals surface area (Å²) >= 11 is 3.10. The minimum absolute atomic E-state index is 0.0742. The van der Waals surface area contributed by atoms with Crippen LogP contribution in [-0.4, -0.2) is 13.6 Å². The Hall–Kier alpha value is -1.41. The Morgan fingerprint density at radius 3 is 2.58 bits per heavy atom. The van der Waals surface area contributed by atoms with Crippen LogP contribution in [0.3, 0.4) is 0 Å². The Kier molecular flexibility index (Phi) is 3.64. The third kappa shape index (κ3) is 2.79. The molecule has 0 aliphatic heterocycles. The number of anilines is 1. The standard InChI is InChI=1S/C11H10BrFN2O3S/c1-6-11(7(2)18-14-6)19(16,17)15-10-4-3-8(12)5-9(10)13/h3-5,15H,1-2H3. The van der Waals surface area contributed by atoms with Crippen LogP contribution in [0.15, 0.2) is 32.1 Å². The van der Waals surface area contributed by atoms with Crippen molar-refractivity contribution in [3.8, 4) is 0 Å². The molecule has 1 heterocycles. The third-order valence-corrected chi connectivity index (χ3v) is 4.51.